The smallest absolute Gasteiger partial charge is 0.123 e. The Kier molecular flexibility index (Phi) is 3.44. The first-order valence-corrected chi connectivity index (χ1v) is 5.94. The van der Waals surface area contributed by atoms with Gasteiger partial charge in [-0.15, -0.1) is 0 Å². The Morgan fingerprint density at radius 2 is 2.25 bits per heavy atom. The summed E-state index contributed by atoms with van der Waals surface area (Å²) in [5.41, 5.74) is 7.46. The van der Waals surface area contributed by atoms with Gasteiger partial charge in [-0.05, 0) is 48.9 Å². The van der Waals surface area contributed by atoms with Crippen molar-refractivity contribution in [1.82, 2.24) is 0 Å². The molecule has 0 spiro atoms. The monoisotopic (exact) mass is 222 g/mol. The Bertz CT molecular complexity index is 365. The second-order valence-electron chi connectivity index (χ2n) is 4.77. The van der Waals surface area contributed by atoms with Gasteiger partial charge in [-0.3, -0.25) is 0 Å². The molecule has 0 amide bonds. The maximum atomic E-state index is 13.0. The predicted octanol–water partition coefficient (Wildman–Crippen LogP) is 2.88. The Morgan fingerprint density at radius 1 is 1.44 bits per heavy atom. The molecule has 1 aromatic rings. The van der Waals surface area contributed by atoms with Crippen LogP contribution >= 0.6 is 0 Å². The Balaban J connectivity index is 2.08. The molecular weight excluding hydrogens is 203 g/mol. The molecule has 0 saturated heterocycles. The number of hydrogen-bond donors (Lipinski definition) is 2. The van der Waals surface area contributed by atoms with E-state index in [2.05, 4.69) is 12.2 Å². The number of benzene rings is 1. The van der Waals surface area contributed by atoms with Crippen LogP contribution in [-0.4, -0.2) is 6.04 Å². The van der Waals surface area contributed by atoms with Gasteiger partial charge in [0, 0.05) is 18.3 Å². The van der Waals surface area contributed by atoms with Crippen LogP contribution in [0.25, 0.3) is 0 Å². The van der Waals surface area contributed by atoms with Crippen LogP contribution < -0.4 is 11.1 Å². The largest absolute Gasteiger partial charge is 0.382 e. The third-order valence-electron chi connectivity index (χ3n) is 3.34. The molecule has 1 aromatic carbocycles. The molecule has 1 aliphatic rings. The average molecular weight is 222 g/mol. The lowest BCUT2D eigenvalue weighted by Crippen LogP contribution is -2.17. The summed E-state index contributed by atoms with van der Waals surface area (Å²) in [4.78, 5) is 0. The van der Waals surface area contributed by atoms with E-state index in [1.165, 1.54) is 31.4 Å². The number of halogens is 1. The Hall–Kier alpha value is -1.09. The summed E-state index contributed by atoms with van der Waals surface area (Å²) >= 11 is 0. The maximum Gasteiger partial charge on any atom is 0.123 e. The highest BCUT2D eigenvalue weighted by Gasteiger charge is 2.21. The molecule has 0 heterocycles. The molecule has 0 aromatic heterocycles. The van der Waals surface area contributed by atoms with E-state index in [4.69, 9.17) is 5.73 Å². The highest BCUT2D eigenvalue weighted by molar-refractivity contribution is 5.52. The summed E-state index contributed by atoms with van der Waals surface area (Å²) in [6, 6.07) is 5.31. The number of hydrogen-bond acceptors (Lipinski definition) is 2. The Morgan fingerprint density at radius 3 is 2.88 bits per heavy atom. The van der Waals surface area contributed by atoms with E-state index in [0.717, 1.165) is 17.2 Å². The lowest BCUT2D eigenvalue weighted by Gasteiger charge is -2.16. The molecule has 0 aliphatic heterocycles. The van der Waals surface area contributed by atoms with E-state index < -0.39 is 0 Å². The lowest BCUT2D eigenvalue weighted by atomic mass is 10.1. The van der Waals surface area contributed by atoms with Gasteiger partial charge in [0.25, 0.3) is 0 Å². The SMILES string of the molecule is CC1CCC(Nc2ccc(F)cc2CN)C1. The molecule has 1 fully saturated rings. The molecule has 16 heavy (non-hydrogen) atoms. The summed E-state index contributed by atoms with van der Waals surface area (Å²) in [6.45, 7) is 2.65. The fraction of sp³-hybridized carbons (Fsp3) is 0.538. The van der Waals surface area contributed by atoms with Crippen molar-refractivity contribution in [2.75, 3.05) is 5.32 Å². The molecule has 2 atom stereocenters. The zero-order valence-corrected chi connectivity index (χ0v) is 9.67. The van der Waals surface area contributed by atoms with Crippen LogP contribution in [0.1, 0.15) is 31.7 Å². The fourth-order valence-corrected chi connectivity index (χ4v) is 2.43. The van der Waals surface area contributed by atoms with Crippen LogP contribution in [0.4, 0.5) is 10.1 Å². The van der Waals surface area contributed by atoms with E-state index >= 15 is 0 Å². The van der Waals surface area contributed by atoms with E-state index in [9.17, 15) is 4.39 Å². The third kappa shape index (κ3) is 2.53. The first-order valence-electron chi connectivity index (χ1n) is 5.94. The van der Waals surface area contributed by atoms with Gasteiger partial charge < -0.3 is 11.1 Å². The van der Waals surface area contributed by atoms with Crippen molar-refractivity contribution < 1.29 is 4.39 Å². The van der Waals surface area contributed by atoms with Crippen molar-refractivity contribution >= 4 is 5.69 Å². The van der Waals surface area contributed by atoms with Gasteiger partial charge in [0.1, 0.15) is 5.82 Å². The quantitative estimate of drug-likeness (QED) is 0.825. The van der Waals surface area contributed by atoms with E-state index in [1.807, 2.05) is 0 Å². The van der Waals surface area contributed by atoms with Crippen LogP contribution in [0.5, 0.6) is 0 Å². The molecular formula is C13H19FN2. The van der Waals surface area contributed by atoms with Gasteiger partial charge in [-0.1, -0.05) is 6.92 Å². The molecule has 1 aliphatic carbocycles. The van der Waals surface area contributed by atoms with Crippen LogP contribution in [0.3, 0.4) is 0 Å². The summed E-state index contributed by atoms with van der Waals surface area (Å²) < 4.78 is 13.0. The molecule has 2 unspecified atom stereocenters. The van der Waals surface area contributed by atoms with Crippen LogP contribution in [-0.2, 0) is 6.54 Å². The zero-order valence-electron chi connectivity index (χ0n) is 9.67. The summed E-state index contributed by atoms with van der Waals surface area (Å²) in [6.07, 6.45) is 3.67. The number of anilines is 1. The number of rotatable bonds is 3. The van der Waals surface area contributed by atoms with Crippen molar-refractivity contribution in [1.29, 1.82) is 0 Å². The zero-order chi connectivity index (χ0) is 11.5. The Labute approximate surface area is 96.0 Å². The number of nitrogens with one attached hydrogen (secondary N) is 1. The van der Waals surface area contributed by atoms with Gasteiger partial charge in [0.2, 0.25) is 0 Å². The maximum absolute atomic E-state index is 13.0. The minimum atomic E-state index is -0.217. The van der Waals surface area contributed by atoms with E-state index in [-0.39, 0.29) is 5.82 Å². The number of nitrogens with two attached hydrogens (primary N) is 1. The topological polar surface area (TPSA) is 38.0 Å². The van der Waals surface area contributed by atoms with Gasteiger partial charge in [0.05, 0.1) is 0 Å². The van der Waals surface area contributed by atoms with Crippen LogP contribution in [0.2, 0.25) is 0 Å². The summed E-state index contributed by atoms with van der Waals surface area (Å²) in [7, 11) is 0. The molecule has 2 rings (SSSR count). The highest BCUT2D eigenvalue weighted by Crippen LogP contribution is 2.28. The predicted molar refractivity (Wildman–Crippen MR) is 64.7 cm³/mol. The fourth-order valence-electron chi connectivity index (χ4n) is 2.43. The lowest BCUT2D eigenvalue weighted by molar-refractivity contribution is 0.602. The average Bonchev–Trinajstić information content (AvgIpc) is 2.67. The molecule has 0 radical (unpaired) electrons. The van der Waals surface area contributed by atoms with Crippen molar-refractivity contribution in [3.8, 4) is 0 Å². The van der Waals surface area contributed by atoms with Gasteiger partial charge >= 0.3 is 0 Å². The van der Waals surface area contributed by atoms with Crippen LogP contribution in [0, 0.1) is 11.7 Å². The third-order valence-corrected chi connectivity index (χ3v) is 3.34. The molecule has 88 valence electrons. The van der Waals surface area contributed by atoms with Crippen molar-refractivity contribution in [3.63, 3.8) is 0 Å². The van der Waals surface area contributed by atoms with Gasteiger partial charge in [-0.2, -0.15) is 0 Å². The van der Waals surface area contributed by atoms with Gasteiger partial charge in [0.15, 0.2) is 0 Å². The highest BCUT2D eigenvalue weighted by atomic mass is 19.1. The van der Waals surface area contributed by atoms with Crippen LogP contribution in [0.15, 0.2) is 18.2 Å². The van der Waals surface area contributed by atoms with E-state index in [0.29, 0.717) is 12.6 Å². The summed E-state index contributed by atoms with van der Waals surface area (Å²) in [5, 5.41) is 3.47. The second-order valence-corrected chi connectivity index (χ2v) is 4.77. The minimum Gasteiger partial charge on any atom is -0.382 e. The van der Waals surface area contributed by atoms with E-state index in [1.54, 1.807) is 6.07 Å². The van der Waals surface area contributed by atoms with Crippen molar-refractivity contribution in [2.45, 2.75) is 38.8 Å². The normalized spacial score (nSPS) is 24.7. The van der Waals surface area contributed by atoms with Gasteiger partial charge in [-0.25, -0.2) is 4.39 Å². The molecule has 1 saturated carbocycles. The molecule has 0 bridgehead atoms. The first-order chi connectivity index (χ1) is 7.69. The first kappa shape index (κ1) is 11.4. The molecule has 3 heteroatoms. The molecule has 2 nitrogen and oxygen atoms in total. The second kappa shape index (κ2) is 4.83. The van der Waals surface area contributed by atoms with Crippen molar-refractivity contribution in [2.24, 2.45) is 11.7 Å². The standard InChI is InChI=1S/C13H19FN2/c1-9-2-4-12(6-9)16-13-5-3-11(14)7-10(13)8-15/h3,5,7,9,12,16H,2,4,6,8,15H2,1H3. The minimum absolute atomic E-state index is 0.217. The molecule has 3 N–H and O–H groups in total. The van der Waals surface area contributed by atoms with Crippen molar-refractivity contribution in [3.05, 3.63) is 29.6 Å². The summed E-state index contributed by atoms with van der Waals surface area (Å²) in [5.74, 6) is 0.574.